The number of hydrogen-bond donors (Lipinski definition) is 2. The largest absolute Gasteiger partial charge is 0.480 e. The Morgan fingerprint density at radius 1 is 1.53 bits per heavy atom. The summed E-state index contributed by atoms with van der Waals surface area (Å²) < 4.78 is 13.1. The number of aliphatic carboxylic acids is 1. The fourth-order valence-electron chi connectivity index (χ4n) is 1.38. The van der Waals surface area contributed by atoms with Gasteiger partial charge < -0.3 is 15.3 Å². The third kappa shape index (κ3) is 3.96. The van der Waals surface area contributed by atoms with Crippen LogP contribution in [0.4, 0.5) is 14.9 Å². The van der Waals surface area contributed by atoms with E-state index in [9.17, 15) is 14.0 Å². The number of rotatable bonds is 4. The predicted molar refractivity (Wildman–Crippen MR) is 65.0 cm³/mol. The summed E-state index contributed by atoms with van der Waals surface area (Å²) in [6, 6.07) is 4.56. The van der Waals surface area contributed by atoms with Crippen LogP contribution in [0.2, 0.25) is 0 Å². The van der Waals surface area contributed by atoms with Crippen molar-refractivity contribution in [2.75, 3.05) is 18.4 Å². The standard InChI is InChI=1S/C12H12FN3O3/c1-2-16(7-11(17)18)12(19)15-9-3-4-10(13)8(5-9)6-14/h3-5H,2,7H2,1H3,(H,15,19)(H,17,18). The molecule has 1 aromatic carbocycles. The molecule has 2 N–H and O–H groups in total. The van der Waals surface area contributed by atoms with Crippen molar-refractivity contribution in [1.29, 1.82) is 5.26 Å². The van der Waals surface area contributed by atoms with Crippen LogP contribution in [0.3, 0.4) is 0 Å². The second-order valence-corrected chi connectivity index (χ2v) is 3.64. The molecule has 0 fully saturated rings. The van der Waals surface area contributed by atoms with E-state index in [1.54, 1.807) is 13.0 Å². The summed E-state index contributed by atoms with van der Waals surface area (Å²) in [6.45, 7) is 1.41. The van der Waals surface area contributed by atoms with Crippen molar-refractivity contribution < 1.29 is 19.1 Å². The molecule has 0 atom stereocenters. The quantitative estimate of drug-likeness (QED) is 0.865. The van der Waals surface area contributed by atoms with Crippen molar-refractivity contribution >= 4 is 17.7 Å². The van der Waals surface area contributed by atoms with Crippen LogP contribution in [-0.4, -0.2) is 35.1 Å². The second-order valence-electron chi connectivity index (χ2n) is 3.64. The zero-order chi connectivity index (χ0) is 14.4. The SMILES string of the molecule is CCN(CC(=O)O)C(=O)Nc1ccc(F)c(C#N)c1. The molecular formula is C12H12FN3O3. The number of likely N-dealkylation sites (N-methyl/N-ethyl adjacent to an activating group) is 1. The first-order valence-electron chi connectivity index (χ1n) is 5.45. The molecule has 7 heteroatoms. The molecule has 19 heavy (non-hydrogen) atoms. The predicted octanol–water partition coefficient (Wildman–Crippen LogP) is 1.64. The lowest BCUT2D eigenvalue weighted by Crippen LogP contribution is -2.38. The minimum Gasteiger partial charge on any atom is -0.480 e. The molecule has 0 unspecified atom stereocenters. The topological polar surface area (TPSA) is 93.4 Å². The monoisotopic (exact) mass is 265 g/mol. The number of carbonyl (C=O) groups is 2. The van der Waals surface area contributed by atoms with Crippen LogP contribution in [0.15, 0.2) is 18.2 Å². The average Bonchev–Trinajstić information content (AvgIpc) is 2.37. The van der Waals surface area contributed by atoms with Gasteiger partial charge in [-0.1, -0.05) is 0 Å². The third-order valence-corrected chi connectivity index (χ3v) is 2.33. The maximum Gasteiger partial charge on any atom is 0.323 e. The van der Waals surface area contributed by atoms with Gasteiger partial charge in [0.1, 0.15) is 18.4 Å². The number of halogens is 1. The first-order chi connectivity index (χ1) is 8.97. The summed E-state index contributed by atoms with van der Waals surface area (Å²) in [6.07, 6.45) is 0. The number of nitrogens with one attached hydrogen (secondary N) is 1. The average molecular weight is 265 g/mol. The molecular weight excluding hydrogens is 253 g/mol. The van der Waals surface area contributed by atoms with Crippen molar-refractivity contribution in [2.45, 2.75) is 6.92 Å². The Morgan fingerprint density at radius 3 is 2.74 bits per heavy atom. The zero-order valence-corrected chi connectivity index (χ0v) is 10.2. The van der Waals surface area contributed by atoms with E-state index in [4.69, 9.17) is 10.4 Å². The third-order valence-electron chi connectivity index (χ3n) is 2.33. The summed E-state index contributed by atoms with van der Waals surface area (Å²) in [5.41, 5.74) is 0.0332. The van der Waals surface area contributed by atoms with E-state index in [0.717, 1.165) is 11.0 Å². The van der Waals surface area contributed by atoms with Crippen molar-refractivity contribution in [1.82, 2.24) is 4.90 Å². The fourth-order valence-corrected chi connectivity index (χ4v) is 1.38. The highest BCUT2D eigenvalue weighted by Gasteiger charge is 2.15. The summed E-state index contributed by atoms with van der Waals surface area (Å²) in [7, 11) is 0. The number of hydrogen-bond acceptors (Lipinski definition) is 3. The summed E-state index contributed by atoms with van der Waals surface area (Å²) in [4.78, 5) is 23.4. The summed E-state index contributed by atoms with van der Waals surface area (Å²) >= 11 is 0. The smallest absolute Gasteiger partial charge is 0.323 e. The molecule has 0 bridgehead atoms. The van der Waals surface area contributed by atoms with Gasteiger partial charge in [-0.15, -0.1) is 0 Å². The van der Waals surface area contributed by atoms with Gasteiger partial charge in [0.05, 0.1) is 5.56 Å². The highest BCUT2D eigenvalue weighted by Crippen LogP contribution is 2.14. The zero-order valence-electron chi connectivity index (χ0n) is 10.2. The number of carboxylic acid groups (broad SMARTS) is 1. The van der Waals surface area contributed by atoms with E-state index < -0.39 is 24.4 Å². The molecule has 1 rings (SSSR count). The van der Waals surface area contributed by atoms with Crippen molar-refractivity contribution in [3.05, 3.63) is 29.6 Å². The Bertz CT molecular complexity index is 540. The number of nitriles is 1. The van der Waals surface area contributed by atoms with Crippen LogP contribution < -0.4 is 5.32 Å². The lowest BCUT2D eigenvalue weighted by atomic mass is 10.2. The number of carbonyl (C=O) groups excluding carboxylic acids is 1. The van der Waals surface area contributed by atoms with Gasteiger partial charge in [-0.3, -0.25) is 4.79 Å². The molecule has 2 amide bonds. The van der Waals surface area contributed by atoms with E-state index in [1.165, 1.54) is 12.1 Å². The number of urea groups is 1. The molecule has 100 valence electrons. The number of carboxylic acids is 1. The van der Waals surface area contributed by atoms with E-state index in [0.29, 0.717) is 0 Å². The minimum absolute atomic E-state index is 0.195. The number of anilines is 1. The van der Waals surface area contributed by atoms with Crippen molar-refractivity contribution in [2.24, 2.45) is 0 Å². The molecule has 0 aliphatic rings. The van der Waals surface area contributed by atoms with Gasteiger partial charge in [0.25, 0.3) is 0 Å². The van der Waals surface area contributed by atoms with Crippen LogP contribution in [-0.2, 0) is 4.79 Å². The van der Waals surface area contributed by atoms with Gasteiger partial charge in [0.2, 0.25) is 0 Å². The molecule has 0 saturated heterocycles. The van der Waals surface area contributed by atoms with E-state index >= 15 is 0 Å². The normalized spacial score (nSPS) is 9.53. The highest BCUT2D eigenvalue weighted by atomic mass is 19.1. The molecule has 0 aliphatic heterocycles. The van der Waals surface area contributed by atoms with Crippen LogP contribution >= 0.6 is 0 Å². The van der Waals surface area contributed by atoms with Gasteiger partial charge in [0, 0.05) is 12.2 Å². The Labute approximate surface area is 109 Å². The van der Waals surface area contributed by atoms with Gasteiger partial charge in [-0.05, 0) is 25.1 Å². The molecule has 0 radical (unpaired) electrons. The summed E-state index contributed by atoms with van der Waals surface area (Å²) in [5, 5.41) is 19.7. The maximum absolute atomic E-state index is 13.1. The van der Waals surface area contributed by atoms with Gasteiger partial charge in [-0.2, -0.15) is 5.26 Å². The Balaban J connectivity index is 2.81. The van der Waals surface area contributed by atoms with Gasteiger partial charge in [0.15, 0.2) is 0 Å². The molecule has 0 spiro atoms. The molecule has 1 aromatic rings. The number of benzene rings is 1. The first-order valence-corrected chi connectivity index (χ1v) is 5.45. The Kier molecular flexibility index (Phi) is 4.83. The van der Waals surface area contributed by atoms with Crippen LogP contribution in [0.1, 0.15) is 12.5 Å². The van der Waals surface area contributed by atoms with Gasteiger partial charge in [-0.25, -0.2) is 9.18 Å². The Hall–Kier alpha value is -2.62. The Morgan fingerprint density at radius 2 is 2.21 bits per heavy atom. The van der Waals surface area contributed by atoms with E-state index in [-0.39, 0.29) is 17.8 Å². The van der Waals surface area contributed by atoms with Crippen LogP contribution in [0.5, 0.6) is 0 Å². The van der Waals surface area contributed by atoms with Crippen LogP contribution in [0.25, 0.3) is 0 Å². The second kappa shape index (κ2) is 6.35. The molecule has 6 nitrogen and oxygen atoms in total. The molecule has 0 saturated carbocycles. The maximum atomic E-state index is 13.1. The number of amides is 2. The fraction of sp³-hybridized carbons (Fsp3) is 0.250. The summed E-state index contributed by atoms with van der Waals surface area (Å²) in [5.74, 6) is -1.81. The molecule has 0 heterocycles. The van der Waals surface area contributed by atoms with Crippen LogP contribution in [0, 0.1) is 17.1 Å². The first kappa shape index (κ1) is 14.4. The lowest BCUT2D eigenvalue weighted by molar-refractivity contribution is -0.137. The highest BCUT2D eigenvalue weighted by molar-refractivity contribution is 5.91. The number of nitrogens with zero attached hydrogens (tertiary/aromatic N) is 2. The van der Waals surface area contributed by atoms with E-state index in [2.05, 4.69) is 5.32 Å². The van der Waals surface area contributed by atoms with Gasteiger partial charge >= 0.3 is 12.0 Å². The molecule has 0 aromatic heterocycles. The van der Waals surface area contributed by atoms with E-state index in [1.807, 2.05) is 0 Å². The minimum atomic E-state index is -1.13. The van der Waals surface area contributed by atoms with Crippen molar-refractivity contribution in [3.63, 3.8) is 0 Å². The lowest BCUT2D eigenvalue weighted by Gasteiger charge is -2.19. The van der Waals surface area contributed by atoms with Crippen molar-refractivity contribution in [3.8, 4) is 6.07 Å². The molecule has 0 aliphatic carbocycles.